The number of aromatic nitrogens is 3. The van der Waals surface area contributed by atoms with Crippen molar-refractivity contribution in [1.82, 2.24) is 19.9 Å². The molecular formula is C22H22FN5O3. The predicted molar refractivity (Wildman–Crippen MR) is 113 cm³/mol. The number of fused-ring (bicyclic) bond motifs is 1. The van der Waals surface area contributed by atoms with Gasteiger partial charge in [0, 0.05) is 17.8 Å². The largest absolute Gasteiger partial charge is 0.332 e. The van der Waals surface area contributed by atoms with Gasteiger partial charge in [-0.05, 0) is 24.5 Å². The standard InChI is InChI=1S/C22H22FN5O3/c1-4-9-28-19-18(21(30)27-22(28)31)14(10-16(25-19)12(2)3)20(29)26-17(11-24)13-7-5-6-8-15(13)23/h5-8,10,12,17H,4,9H2,1-3H3,(H,26,29)(H,27,30,31). The van der Waals surface area contributed by atoms with E-state index in [2.05, 4.69) is 15.3 Å². The monoisotopic (exact) mass is 423 g/mol. The fourth-order valence-electron chi connectivity index (χ4n) is 3.30. The van der Waals surface area contributed by atoms with Gasteiger partial charge in [-0.15, -0.1) is 0 Å². The second-order valence-corrected chi connectivity index (χ2v) is 7.42. The van der Waals surface area contributed by atoms with Gasteiger partial charge in [0.25, 0.3) is 11.5 Å². The zero-order chi connectivity index (χ0) is 22.7. The summed E-state index contributed by atoms with van der Waals surface area (Å²) in [6.07, 6.45) is 0.611. The van der Waals surface area contributed by atoms with Gasteiger partial charge >= 0.3 is 5.69 Å². The van der Waals surface area contributed by atoms with Crippen molar-refractivity contribution in [1.29, 1.82) is 5.26 Å². The van der Waals surface area contributed by atoms with Crippen LogP contribution in [0.15, 0.2) is 39.9 Å². The topological polar surface area (TPSA) is 121 Å². The van der Waals surface area contributed by atoms with Gasteiger partial charge in [0.1, 0.15) is 11.9 Å². The van der Waals surface area contributed by atoms with Crippen molar-refractivity contribution in [3.63, 3.8) is 0 Å². The summed E-state index contributed by atoms with van der Waals surface area (Å²) in [7, 11) is 0. The van der Waals surface area contributed by atoms with E-state index >= 15 is 0 Å². The van der Waals surface area contributed by atoms with Crippen molar-refractivity contribution < 1.29 is 9.18 Å². The Morgan fingerprint density at radius 3 is 2.65 bits per heavy atom. The molecule has 0 saturated heterocycles. The molecule has 3 rings (SSSR count). The van der Waals surface area contributed by atoms with Crippen LogP contribution in [0.4, 0.5) is 4.39 Å². The Morgan fingerprint density at radius 2 is 2.03 bits per heavy atom. The lowest BCUT2D eigenvalue weighted by molar-refractivity contribution is 0.0946. The van der Waals surface area contributed by atoms with Crippen LogP contribution < -0.4 is 16.6 Å². The Hall–Kier alpha value is -3.80. The lowest BCUT2D eigenvalue weighted by Crippen LogP contribution is -2.34. The average molecular weight is 423 g/mol. The zero-order valence-corrected chi connectivity index (χ0v) is 17.4. The van der Waals surface area contributed by atoms with Crippen LogP contribution in [-0.4, -0.2) is 20.4 Å². The maximum Gasteiger partial charge on any atom is 0.329 e. The van der Waals surface area contributed by atoms with Crippen LogP contribution in [0, 0.1) is 17.1 Å². The van der Waals surface area contributed by atoms with Crippen LogP contribution in [0.25, 0.3) is 11.0 Å². The number of H-pyrrole nitrogens is 1. The van der Waals surface area contributed by atoms with E-state index in [1.165, 1.54) is 28.8 Å². The molecular weight excluding hydrogens is 401 g/mol. The molecule has 0 radical (unpaired) electrons. The quantitative estimate of drug-likeness (QED) is 0.632. The number of aryl methyl sites for hydroxylation is 1. The molecule has 2 heterocycles. The lowest BCUT2D eigenvalue weighted by atomic mass is 10.0. The Morgan fingerprint density at radius 1 is 1.32 bits per heavy atom. The van der Waals surface area contributed by atoms with Gasteiger partial charge in [-0.3, -0.25) is 19.1 Å². The summed E-state index contributed by atoms with van der Waals surface area (Å²) in [4.78, 5) is 44.8. The van der Waals surface area contributed by atoms with Gasteiger partial charge in [0.05, 0.1) is 17.0 Å². The molecule has 0 aliphatic carbocycles. The first-order valence-corrected chi connectivity index (χ1v) is 9.91. The number of hydrogen-bond acceptors (Lipinski definition) is 5. The van der Waals surface area contributed by atoms with Gasteiger partial charge < -0.3 is 5.32 Å². The van der Waals surface area contributed by atoms with Gasteiger partial charge in [-0.1, -0.05) is 39.0 Å². The first kappa shape index (κ1) is 21.9. The van der Waals surface area contributed by atoms with Crippen molar-refractivity contribution in [2.45, 2.75) is 45.7 Å². The molecule has 0 saturated carbocycles. The van der Waals surface area contributed by atoms with Crippen molar-refractivity contribution in [2.24, 2.45) is 0 Å². The van der Waals surface area contributed by atoms with Crippen molar-refractivity contribution in [2.75, 3.05) is 0 Å². The van der Waals surface area contributed by atoms with Crippen molar-refractivity contribution >= 4 is 16.9 Å². The number of halogens is 1. The Kier molecular flexibility index (Phi) is 6.30. The third-order valence-electron chi connectivity index (χ3n) is 4.87. The van der Waals surface area contributed by atoms with E-state index in [9.17, 15) is 24.0 Å². The molecule has 0 aliphatic heterocycles. The van der Waals surface area contributed by atoms with E-state index in [1.807, 2.05) is 26.8 Å². The second-order valence-electron chi connectivity index (χ2n) is 7.42. The van der Waals surface area contributed by atoms with E-state index in [0.29, 0.717) is 18.7 Å². The molecule has 1 atom stereocenters. The highest BCUT2D eigenvalue weighted by molar-refractivity contribution is 6.05. The van der Waals surface area contributed by atoms with Gasteiger partial charge in [0.2, 0.25) is 0 Å². The van der Waals surface area contributed by atoms with Crippen LogP contribution in [0.2, 0.25) is 0 Å². The van der Waals surface area contributed by atoms with E-state index < -0.39 is 29.0 Å². The first-order valence-electron chi connectivity index (χ1n) is 9.91. The number of carbonyl (C=O) groups is 1. The molecule has 0 spiro atoms. The third-order valence-corrected chi connectivity index (χ3v) is 4.87. The minimum absolute atomic E-state index is 0.0117. The highest BCUT2D eigenvalue weighted by Crippen LogP contribution is 2.22. The van der Waals surface area contributed by atoms with E-state index in [0.717, 1.165) is 0 Å². The van der Waals surface area contributed by atoms with Crippen molar-refractivity contribution in [3.05, 3.63) is 73.8 Å². The van der Waals surface area contributed by atoms with Crippen LogP contribution in [-0.2, 0) is 6.54 Å². The lowest BCUT2D eigenvalue weighted by Gasteiger charge is -2.16. The normalized spacial score (nSPS) is 12.0. The minimum atomic E-state index is -1.26. The van der Waals surface area contributed by atoms with Crippen LogP contribution in [0.1, 0.15) is 60.8 Å². The number of hydrogen-bond donors (Lipinski definition) is 2. The molecule has 31 heavy (non-hydrogen) atoms. The smallest absolute Gasteiger partial charge is 0.329 e. The van der Waals surface area contributed by atoms with Crippen molar-refractivity contribution in [3.8, 4) is 6.07 Å². The average Bonchev–Trinajstić information content (AvgIpc) is 2.74. The van der Waals surface area contributed by atoms with Crippen LogP contribution >= 0.6 is 0 Å². The summed E-state index contributed by atoms with van der Waals surface area (Å²) in [6, 6.07) is 7.71. The number of nitrogens with zero attached hydrogens (tertiary/aromatic N) is 3. The highest BCUT2D eigenvalue weighted by Gasteiger charge is 2.24. The van der Waals surface area contributed by atoms with Gasteiger partial charge in [0.15, 0.2) is 5.65 Å². The number of pyridine rings is 1. The number of carbonyl (C=O) groups excluding carboxylic acids is 1. The number of amides is 1. The third kappa shape index (κ3) is 4.23. The molecule has 9 heteroatoms. The predicted octanol–water partition coefficient (Wildman–Crippen LogP) is 2.75. The van der Waals surface area contributed by atoms with Crippen LogP contribution in [0.5, 0.6) is 0 Å². The number of rotatable bonds is 6. The summed E-state index contributed by atoms with van der Waals surface area (Å²) in [5.74, 6) is -1.47. The van der Waals surface area contributed by atoms with Crippen LogP contribution in [0.3, 0.4) is 0 Å². The van der Waals surface area contributed by atoms with E-state index in [1.54, 1.807) is 6.07 Å². The fraction of sp³-hybridized carbons (Fsp3) is 0.318. The van der Waals surface area contributed by atoms with Gasteiger partial charge in [-0.2, -0.15) is 5.26 Å². The summed E-state index contributed by atoms with van der Waals surface area (Å²) in [5.41, 5.74) is -0.771. The second kappa shape index (κ2) is 8.92. The molecule has 1 amide bonds. The van der Waals surface area contributed by atoms with E-state index in [-0.39, 0.29) is 28.1 Å². The number of nitrogens with one attached hydrogen (secondary N) is 2. The summed E-state index contributed by atoms with van der Waals surface area (Å²) in [5, 5.41) is 11.9. The molecule has 0 aliphatic rings. The molecule has 2 aromatic heterocycles. The zero-order valence-electron chi connectivity index (χ0n) is 17.4. The summed E-state index contributed by atoms with van der Waals surface area (Å²) < 4.78 is 15.5. The molecule has 160 valence electrons. The molecule has 2 N–H and O–H groups in total. The number of nitriles is 1. The number of benzene rings is 1. The fourth-order valence-corrected chi connectivity index (χ4v) is 3.30. The first-order chi connectivity index (χ1) is 14.8. The maximum atomic E-state index is 14.1. The summed E-state index contributed by atoms with van der Waals surface area (Å²) in [6.45, 7) is 5.90. The Balaban J connectivity index is 2.21. The molecule has 1 aromatic carbocycles. The molecule has 3 aromatic rings. The van der Waals surface area contributed by atoms with E-state index in [4.69, 9.17) is 0 Å². The molecule has 0 fully saturated rings. The SMILES string of the molecule is CCCn1c(=O)[nH]c(=O)c2c(C(=O)NC(C#N)c3ccccc3F)cc(C(C)C)nc21. The Bertz CT molecular complexity index is 1300. The maximum absolute atomic E-state index is 14.1. The molecule has 0 bridgehead atoms. The van der Waals surface area contributed by atoms with Gasteiger partial charge in [-0.25, -0.2) is 14.2 Å². The molecule has 8 nitrogen and oxygen atoms in total. The highest BCUT2D eigenvalue weighted by atomic mass is 19.1. The minimum Gasteiger partial charge on any atom is -0.332 e. The number of aromatic amines is 1. The summed E-state index contributed by atoms with van der Waals surface area (Å²) >= 11 is 0. The molecule has 1 unspecified atom stereocenters. The Labute approximate surface area is 177 Å².